The molecule has 0 unspecified atom stereocenters. The fraction of sp³-hybridized carbons (Fsp3) is 0.452. The minimum absolute atomic E-state index is 0.0877. The zero-order chi connectivity index (χ0) is 29.1. The minimum atomic E-state index is -2.02. The number of hydrogen-bond donors (Lipinski definition) is 0. The van der Waals surface area contributed by atoms with Gasteiger partial charge in [0.15, 0.2) is 5.41 Å². The molecule has 0 saturated carbocycles. The molecule has 39 heavy (non-hydrogen) atoms. The lowest BCUT2D eigenvalue weighted by Gasteiger charge is -2.40. The molecule has 7 nitrogen and oxygen atoms in total. The Balaban J connectivity index is 2.57. The first-order valence-corrected chi connectivity index (χ1v) is 13.8. The van der Waals surface area contributed by atoms with Crippen LogP contribution in [0, 0.1) is 0 Å². The van der Waals surface area contributed by atoms with E-state index in [9.17, 15) is 14.4 Å². The van der Waals surface area contributed by atoms with Gasteiger partial charge in [0.25, 0.3) is 0 Å². The lowest BCUT2D eigenvalue weighted by Crippen LogP contribution is -2.54. The van der Waals surface area contributed by atoms with Crippen LogP contribution in [0.5, 0.6) is 5.75 Å². The molecule has 210 valence electrons. The molecule has 2 aromatic carbocycles. The molecule has 0 saturated heterocycles. The molecule has 0 heterocycles. The van der Waals surface area contributed by atoms with Gasteiger partial charge in [-0.1, -0.05) is 40.2 Å². The summed E-state index contributed by atoms with van der Waals surface area (Å²) in [5.74, 6) is -2.67. The number of hydrogen-bond acceptors (Lipinski definition) is 7. The van der Waals surface area contributed by atoms with Gasteiger partial charge in [-0.15, -0.1) is 6.58 Å². The zero-order valence-electron chi connectivity index (χ0n) is 23.6. The van der Waals surface area contributed by atoms with Gasteiger partial charge in [0.05, 0.1) is 25.4 Å². The Labute approximate surface area is 239 Å². The van der Waals surface area contributed by atoms with Crippen molar-refractivity contribution in [2.75, 3.05) is 7.11 Å². The van der Waals surface area contributed by atoms with Crippen LogP contribution in [0.2, 0.25) is 0 Å². The summed E-state index contributed by atoms with van der Waals surface area (Å²) in [7, 11) is 1.55. The third-order valence-corrected chi connectivity index (χ3v) is 7.26. The normalized spacial score (nSPS) is 19.5. The maximum atomic E-state index is 14.4. The summed E-state index contributed by atoms with van der Waals surface area (Å²) in [5.41, 5.74) is -2.16. The number of esters is 3. The van der Waals surface area contributed by atoms with Crippen LogP contribution in [-0.2, 0) is 39.4 Å². The molecule has 0 aromatic heterocycles. The quantitative estimate of drug-likeness (QED) is 0.140. The predicted molar refractivity (Wildman–Crippen MR) is 152 cm³/mol. The highest BCUT2D eigenvalue weighted by atomic mass is 79.9. The second-order valence-corrected chi connectivity index (χ2v) is 11.4. The molecule has 0 radical (unpaired) electrons. The van der Waals surface area contributed by atoms with Crippen molar-refractivity contribution in [1.82, 2.24) is 0 Å². The number of benzene rings is 2. The van der Waals surface area contributed by atoms with Crippen molar-refractivity contribution in [3.05, 3.63) is 76.3 Å². The molecule has 0 spiro atoms. The van der Waals surface area contributed by atoms with E-state index in [4.69, 9.17) is 18.9 Å². The number of carbonyl (C=O) groups excluding carboxylic acids is 3. The first kappa shape index (κ1) is 30.4. The highest BCUT2D eigenvalue weighted by Gasteiger charge is 2.72. The molecule has 8 heteroatoms. The summed E-state index contributed by atoms with van der Waals surface area (Å²) >= 11 is 3.53. The van der Waals surface area contributed by atoms with E-state index in [1.165, 1.54) is 0 Å². The molecule has 1 aliphatic carbocycles. The monoisotopic (exact) mass is 600 g/mol. The van der Waals surface area contributed by atoms with Crippen molar-refractivity contribution in [1.29, 1.82) is 0 Å². The predicted octanol–water partition coefficient (Wildman–Crippen LogP) is 6.16. The number of methoxy groups -OCH3 is 1. The molecule has 0 aliphatic heterocycles. The summed E-state index contributed by atoms with van der Waals surface area (Å²) in [4.78, 5) is 43.0. The molecule has 0 fully saturated rings. The van der Waals surface area contributed by atoms with Crippen molar-refractivity contribution >= 4 is 33.8 Å². The minimum Gasteiger partial charge on any atom is -0.497 e. The summed E-state index contributed by atoms with van der Waals surface area (Å²) in [6, 6.07) is 12.2. The fourth-order valence-electron chi connectivity index (χ4n) is 5.48. The molecule has 1 aliphatic rings. The number of halogens is 1. The second-order valence-electron chi connectivity index (χ2n) is 10.5. The smallest absolute Gasteiger partial charge is 0.329 e. The number of rotatable bonds is 10. The Morgan fingerprint density at radius 3 is 1.82 bits per heavy atom. The van der Waals surface area contributed by atoms with E-state index in [1.807, 2.05) is 0 Å². The third kappa shape index (κ3) is 5.36. The lowest BCUT2D eigenvalue weighted by molar-refractivity contribution is -0.172. The average molecular weight is 602 g/mol. The van der Waals surface area contributed by atoms with Gasteiger partial charge in [-0.25, -0.2) is 0 Å². The topological polar surface area (TPSA) is 88.1 Å². The SMILES string of the molecule is C=CC[C@]1(C(=O)OC(C)C)c2cc(Br)ccc2C(C(=O)OC(C)C)(C(=O)OC(C)C)[C@H]1c1ccc(OC)cc1. The highest BCUT2D eigenvalue weighted by Crippen LogP contribution is 2.63. The second kappa shape index (κ2) is 11.9. The number of allylic oxidation sites excluding steroid dienone is 1. The van der Waals surface area contributed by atoms with Gasteiger partial charge in [0.2, 0.25) is 0 Å². The van der Waals surface area contributed by atoms with E-state index in [0.717, 1.165) is 0 Å². The van der Waals surface area contributed by atoms with Gasteiger partial charge in [0, 0.05) is 10.4 Å². The number of ether oxygens (including phenoxy) is 4. The maximum Gasteiger partial charge on any atom is 0.329 e. The van der Waals surface area contributed by atoms with Crippen LogP contribution < -0.4 is 4.74 Å². The van der Waals surface area contributed by atoms with E-state index >= 15 is 0 Å². The Bertz CT molecular complexity index is 1210. The zero-order valence-corrected chi connectivity index (χ0v) is 25.2. The molecule has 2 atom stereocenters. The van der Waals surface area contributed by atoms with Gasteiger partial charge < -0.3 is 18.9 Å². The van der Waals surface area contributed by atoms with Crippen molar-refractivity contribution in [3.8, 4) is 5.75 Å². The van der Waals surface area contributed by atoms with Gasteiger partial charge >= 0.3 is 17.9 Å². The van der Waals surface area contributed by atoms with Gasteiger partial charge in [-0.3, -0.25) is 14.4 Å². The maximum absolute atomic E-state index is 14.4. The molecule has 0 bridgehead atoms. The molecule has 2 aromatic rings. The Morgan fingerprint density at radius 2 is 1.36 bits per heavy atom. The van der Waals surface area contributed by atoms with Gasteiger partial charge in [0.1, 0.15) is 11.2 Å². The fourth-order valence-corrected chi connectivity index (χ4v) is 5.84. The molecule has 3 rings (SSSR count). The van der Waals surface area contributed by atoms with Crippen molar-refractivity contribution in [2.45, 2.75) is 83.0 Å². The van der Waals surface area contributed by atoms with E-state index in [2.05, 4.69) is 22.5 Å². The van der Waals surface area contributed by atoms with Crippen LogP contribution in [0.1, 0.15) is 70.6 Å². The van der Waals surface area contributed by atoms with E-state index < -0.39 is 53.0 Å². The van der Waals surface area contributed by atoms with E-state index in [0.29, 0.717) is 26.9 Å². The Kier molecular flexibility index (Phi) is 9.31. The van der Waals surface area contributed by atoms with Crippen molar-refractivity contribution in [3.63, 3.8) is 0 Å². The molecule has 0 amide bonds. The van der Waals surface area contributed by atoms with Crippen molar-refractivity contribution < 1.29 is 33.3 Å². The van der Waals surface area contributed by atoms with Crippen LogP contribution in [0.25, 0.3) is 0 Å². The van der Waals surface area contributed by atoms with E-state index in [-0.39, 0.29) is 6.42 Å². The first-order valence-electron chi connectivity index (χ1n) is 13.0. The molecular formula is C31H37BrO7. The number of fused-ring (bicyclic) bond motifs is 1. The summed E-state index contributed by atoms with van der Waals surface area (Å²) < 4.78 is 23.5. The van der Waals surface area contributed by atoms with Crippen LogP contribution in [0.15, 0.2) is 59.6 Å². The third-order valence-electron chi connectivity index (χ3n) is 6.76. The van der Waals surface area contributed by atoms with Crippen LogP contribution in [0.4, 0.5) is 0 Å². The van der Waals surface area contributed by atoms with Gasteiger partial charge in [-0.05, 0) is 88.9 Å². The summed E-state index contributed by atoms with van der Waals surface area (Å²) in [6.07, 6.45) is 0.180. The van der Waals surface area contributed by atoms with E-state index in [1.54, 1.807) is 97.2 Å². The average Bonchev–Trinajstić information content (AvgIpc) is 3.11. The Hall–Kier alpha value is -3.13. The standard InChI is InChI=1S/C31H37BrO7/c1-9-16-30(27(33)37-18(2)3)25-17-22(32)12-15-24(25)31(28(34)38-19(4)5,29(35)39-20(6)7)26(30)21-10-13-23(36-8)14-11-21/h9-15,17-20,26H,1,16H2,2-8H3/t26-,30-/m0/s1. The molecular weight excluding hydrogens is 564 g/mol. The van der Waals surface area contributed by atoms with Crippen LogP contribution in [0.3, 0.4) is 0 Å². The summed E-state index contributed by atoms with van der Waals surface area (Å²) in [5, 5.41) is 0. The van der Waals surface area contributed by atoms with Crippen LogP contribution in [-0.4, -0.2) is 43.3 Å². The lowest BCUT2D eigenvalue weighted by atomic mass is 9.61. The first-order chi connectivity index (χ1) is 18.4. The van der Waals surface area contributed by atoms with Crippen LogP contribution >= 0.6 is 15.9 Å². The van der Waals surface area contributed by atoms with Crippen molar-refractivity contribution in [2.24, 2.45) is 0 Å². The van der Waals surface area contributed by atoms with Gasteiger partial charge in [-0.2, -0.15) is 0 Å². The number of carbonyl (C=O) groups is 3. The molecule has 0 N–H and O–H groups in total. The Morgan fingerprint density at radius 1 is 0.846 bits per heavy atom. The largest absolute Gasteiger partial charge is 0.497 e. The highest BCUT2D eigenvalue weighted by molar-refractivity contribution is 9.10. The summed E-state index contributed by atoms with van der Waals surface area (Å²) in [6.45, 7) is 14.3.